The van der Waals surface area contributed by atoms with Crippen molar-refractivity contribution in [1.82, 2.24) is 9.80 Å². The molecule has 0 aromatic heterocycles. The van der Waals surface area contributed by atoms with Crippen LogP contribution in [-0.2, 0) is 9.53 Å². The standard InChI is InChI=1S/C27H33ClF3N3O5/c1-26(2,3)39-25(37)33(4)16-23(35)34-14-8-7-10-21(34)24(36)32-17-12-13-18(20(28)15-17)19-9-5-6-11-22(19)38-27(29,30)31/h5-6,9,11-13,15,21,23,35H,7-8,10,14,16H2,1-4H3,(H,32,36). The first-order chi connectivity index (χ1) is 18.1. The number of likely N-dealkylation sites (tertiary alicyclic amines) is 1. The predicted molar refractivity (Wildman–Crippen MR) is 141 cm³/mol. The minimum Gasteiger partial charge on any atom is -0.444 e. The second-order valence-corrected chi connectivity index (χ2v) is 10.7. The maximum absolute atomic E-state index is 13.2. The summed E-state index contributed by atoms with van der Waals surface area (Å²) in [6.45, 7) is 5.63. The molecule has 1 heterocycles. The smallest absolute Gasteiger partial charge is 0.444 e. The highest BCUT2D eigenvalue weighted by molar-refractivity contribution is 6.33. The van der Waals surface area contributed by atoms with Crippen molar-refractivity contribution in [3.63, 3.8) is 0 Å². The Hall–Kier alpha value is -3.02. The Morgan fingerprint density at radius 1 is 1.15 bits per heavy atom. The predicted octanol–water partition coefficient (Wildman–Crippen LogP) is 5.88. The Morgan fingerprint density at radius 3 is 2.49 bits per heavy atom. The summed E-state index contributed by atoms with van der Waals surface area (Å²) < 4.78 is 48.0. The molecule has 214 valence electrons. The highest BCUT2D eigenvalue weighted by atomic mass is 35.5. The number of hydrogen-bond acceptors (Lipinski definition) is 6. The number of ether oxygens (including phenoxy) is 2. The molecule has 0 spiro atoms. The van der Waals surface area contributed by atoms with E-state index in [9.17, 15) is 27.9 Å². The third-order valence-corrected chi connectivity index (χ3v) is 6.32. The van der Waals surface area contributed by atoms with Crippen LogP contribution in [0.3, 0.4) is 0 Å². The highest BCUT2D eigenvalue weighted by Crippen LogP contribution is 2.38. The molecule has 1 aliphatic heterocycles. The van der Waals surface area contributed by atoms with Gasteiger partial charge in [-0.25, -0.2) is 4.79 Å². The van der Waals surface area contributed by atoms with Crippen LogP contribution < -0.4 is 10.1 Å². The van der Waals surface area contributed by atoms with Gasteiger partial charge in [0, 0.05) is 30.4 Å². The molecule has 8 nitrogen and oxygen atoms in total. The molecule has 1 saturated heterocycles. The van der Waals surface area contributed by atoms with Crippen LogP contribution in [0.1, 0.15) is 40.0 Å². The lowest BCUT2D eigenvalue weighted by Crippen LogP contribution is -2.55. The zero-order valence-corrected chi connectivity index (χ0v) is 23.0. The fourth-order valence-electron chi connectivity index (χ4n) is 4.30. The molecule has 2 unspecified atom stereocenters. The first-order valence-electron chi connectivity index (χ1n) is 12.5. The minimum atomic E-state index is -4.87. The average molecular weight is 572 g/mol. The van der Waals surface area contributed by atoms with Gasteiger partial charge in [-0.1, -0.05) is 42.3 Å². The summed E-state index contributed by atoms with van der Waals surface area (Å²) in [5, 5.41) is 13.8. The highest BCUT2D eigenvalue weighted by Gasteiger charge is 2.35. The molecule has 0 bridgehead atoms. The number of amides is 2. The number of nitrogens with zero attached hydrogens (tertiary/aromatic N) is 2. The van der Waals surface area contributed by atoms with Gasteiger partial charge in [0.2, 0.25) is 5.91 Å². The number of rotatable bonds is 7. The molecule has 3 rings (SSSR count). The van der Waals surface area contributed by atoms with Gasteiger partial charge in [0.15, 0.2) is 0 Å². The lowest BCUT2D eigenvalue weighted by atomic mass is 10.0. The van der Waals surface area contributed by atoms with E-state index in [2.05, 4.69) is 10.1 Å². The van der Waals surface area contributed by atoms with Gasteiger partial charge in [0.05, 0.1) is 17.6 Å². The number of carbonyl (C=O) groups excluding carboxylic acids is 2. The fourth-order valence-corrected chi connectivity index (χ4v) is 4.58. The molecule has 2 atom stereocenters. The van der Waals surface area contributed by atoms with E-state index in [0.29, 0.717) is 24.2 Å². The van der Waals surface area contributed by atoms with Crippen LogP contribution in [0.15, 0.2) is 42.5 Å². The molecule has 39 heavy (non-hydrogen) atoms. The second kappa shape index (κ2) is 12.4. The van der Waals surface area contributed by atoms with Crippen LogP contribution in [-0.4, -0.2) is 71.3 Å². The molecule has 1 fully saturated rings. The maximum atomic E-state index is 13.2. The zero-order valence-electron chi connectivity index (χ0n) is 22.2. The summed E-state index contributed by atoms with van der Waals surface area (Å²) in [4.78, 5) is 28.4. The summed E-state index contributed by atoms with van der Waals surface area (Å²) >= 11 is 6.40. The van der Waals surface area contributed by atoms with E-state index in [1.165, 1.54) is 48.3 Å². The van der Waals surface area contributed by atoms with Gasteiger partial charge in [0.1, 0.15) is 17.6 Å². The van der Waals surface area contributed by atoms with Crippen molar-refractivity contribution < 1.29 is 37.3 Å². The zero-order chi connectivity index (χ0) is 29.0. The number of aliphatic hydroxyl groups is 1. The van der Waals surface area contributed by atoms with Gasteiger partial charge in [-0.2, -0.15) is 0 Å². The van der Waals surface area contributed by atoms with Gasteiger partial charge in [0.25, 0.3) is 0 Å². The Kier molecular flexibility index (Phi) is 9.74. The number of nitrogens with one attached hydrogen (secondary N) is 1. The van der Waals surface area contributed by atoms with Gasteiger partial charge in [-0.05, 0) is 51.8 Å². The molecule has 2 aromatic carbocycles. The molecular weight excluding hydrogens is 539 g/mol. The van der Waals surface area contributed by atoms with Crippen molar-refractivity contribution >= 4 is 29.3 Å². The molecule has 1 aliphatic rings. The number of carbonyl (C=O) groups is 2. The lowest BCUT2D eigenvalue weighted by molar-refractivity contribution is -0.274. The second-order valence-electron chi connectivity index (χ2n) is 10.3. The first-order valence-corrected chi connectivity index (χ1v) is 12.9. The molecular formula is C27H33ClF3N3O5. The molecule has 12 heteroatoms. The maximum Gasteiger partial charge on any atom is 0.573 e. The van der Waals surface area contributed by atoms with E-state index in [1.54, 1.807) is 31.7 Å². The Labute approximate surface area is 230 Å². The molecule has 0 radical (unpaired) electrons. The third kappa shape index (κ3) is 8.74. The number of likely N-dealkylation sites (N-methyl/N-ethyl adjacent to an activating group) is 1. The fraction of sp³-hybridized carbons (Fsp3) is 0.481. The topological polar surface area (TPSA) is 91.3 Å². The van der Waals surface area contributed by atoms with E-state index in [4.69, 9.17) is 16.3 Å². The summed E-state index contributed by atoms with van der Waals surface area (Å²) in [6, 6.07) is 9.44. The number of aliphatic hydroxyl groups excluding tert-OH is 1. The van der Waals surface area contributed by atoms with Crippen LogP contribution >= 0.6 is 11.6 Å². The Balaban J connectivity index is 1.71. The van der Waals surface area contributed by atoms with Crippen molar-refractivity contribution in [3.8, 4) is 16.9 Å². The van der Waals surface area contributed by atoms with E-state index in [1.807, 2.05) is 0 Å². The normalized spacial score (nSPS) is 17.3. The number of piperidine rings is 1. The van der Waals surface area contributed by atoms with Gasteiger partial charge in [-0.15, -0.1) is 13.2 Å². The van der Waals surface area contributed by atoms with Crippen molar-refractivity contribution in [1.29, 1.82) is 0 Å². The van der Waals surface area contributed by atoms with Crippen LogP contribution in [0, 0.1) is 0 Å². The largest absolute Gasteiger partial charge is 0.573 e. The molecule has 2 aromatic rings. The summed E-state index contributed by atoms with van der Waals surface area (Å²) in [5.74, 6) is -0.773. The van der Waals surface area contributed by atoms with Crippen molar-refractivity contribution in [3.05, 3.63) is 47.5 Å². The average Bonchev–Trinajstić information content (AvgIpc) is 2.82. The van der Waals surface area contributed by atoms with E-state index in [0.717, 1.165) is 12.8 Å². The van der Waals surface area contributed by atoms with Crippen LogP contribution in [0.25, 0.3) is 11.1 Å². The number of halogens is 4. The minimum absolute atomic E-state index is 0.0569. The van der Waals surface area contributed by atoms with E-state index in [-0.39, 0.29) is 23.0 Å². The summed E-state index contributed by atoms with van der Waals surface area (Å²) in [5.41, 5.74) is 0.102. The molecule has 0 aliphatic carbocycles. The Bertz CT molecular complexity index is 1170. The summed E-state index contributed by atoms with van der Waals surface area (Å²) in [7, 11) is 1.51. The number of anilines is 1. The summed E-state index contributed by atoms with van der Waals surface area (Å²) in [6.07, 6.45) is -4.51. The van der Waals surface area contributed by atoms with Gasteiger partial charge < -0.3 is 24.8 Å². The molecule has 2 amide bonds. The Morgan fingerprint density at radius 2 is 1.85 bits per heavy atom. The van der Waals surface area contributed by atoms with Crippen molar-refractivity contribution in [2.45, 2.75) is 64.3 Å². The monoisotopic (exact) mass is 571 g/mol. The number of alkyl halides is 3. The van der Waals surface area contributed by atoms with Crippen molar-refractivity contribution in [2.24, 2.45) is 0 Å². The number of benzene rings is 2. The quantitative estimate of drug-likeness (QED) is 0.431. The molecule has 2 N–H and O–H groups in total. The van der Waals surface area contributed by atoms with Gasteiger partial charge in [-0.3, -0.25) is 9.69 Å². The van der Waals surface area contributed by atoms with Crippen LogP contribution in [0.4, 0.5) is 23.7 Å². The van der Waals surface area contributed by atoms with Crippen molar-refractivity contribution in [2.75, 3.05) is 25.5 Å². The van der Waals surface area contributed by atoms with Gasteiger partial charge >= 0.3 is 12.5 Å². The third-order valence-electron chi connectivity index (χ3n) is 6.01. The molecule has 0 saturated carbocycles. The van der Waals surface area contributed by atoms with Crippen LogP contribution in [0.2, 0.25) is 5.02 Å². The van der Waals surface area contributed by atoms with Crippen LogP contribution in [0.5, 0.6) is 5.75 Å². The SMILES string of the molecule is CN(CC(O)N1CCCCC1C(=O)Nc1ccc(-c2ccccc2OC(F)(F)F)c(Cl)c1)C(=O)OC(C)(C)C. The number of para-hydroxylation sites is 1. The first kappa shape index (κ1) is 30.5. The lowest BCUT2D eigenvalue weighted by Gasteiger charge is -2.39. The van der Waals surface area contributed by atoms with E-state index < -0.39 is 36.1 Å². The van der Waals surface area contributed by atoms with E-state index >= 15 is 0 Å². The number of hydrogen-bond donors (Lipinski definition) is 2.